The van der Waals surface area contributed by atoms with E-state index >= 15 is 0 Å². The van der Waals surface area contributed by atoms with Gasteiger partial charge in [0, 0.05) is 25.7 Å². The van der Waals surface area contributed by atoms with Gasteiger partial charge in [-0.25, -0.2) is 4.79 Å². The first-order valence-electron chi connectivity index (χ1n) is 9.85. The molecule has 1 aromatic carbocycles. The van der Waals surface area contributed by atoms with Crippen molar-refractivity contribution in [3.63, 3.8) is 0 Å². The van der Waals surface area contributed by atoms with Crippen LogP contribution in [0.1, 0.15) is 37.3 Å². The minimum Gasteiger partial charge on any atom is -0.480 e. The number of hydrogen-bond donors (Lipinski definition) is 1. The number of aliphatic carboxylic acids is 1. The summed E-state index contributed by atoms with van der Waals surface area (Å²) in [4.78, 5) is 41.9. The van der Waals surface area contributed by atoms with E-state index in [1.54, 1.807) is 49.6 Å². The monoisotopic (exact) mass is 428 g/mol. The van der Waals surface area contributed by atoms with Crippen molar-refractivity contribution < 1.29 is 33.4 Å². The van der Waals surface area contributed by atoms with Crippen LogP contribution in [-0.4, -0.2) is 44.9 Å². The van der Waals surface area contributed by atoms with E-state index in [2.05, 4.69) is 4.98 Å². The fourth-order valence-corrected chi connectivity index (χ4v) is 3.97. The number of carboxylic acid groups (broad SMARTS) is 1. The normalized spacial score (nSPS) is 25.1. The largest absolute Gasteiger partial charge is 0.480 e. The van der Waals surface area contributed by atoms with Crippen LogP contribution in [0.5, 0.6) is 11.5 Å². The molecule has 4 atom stereocenters. The summed E-state index contributed by atoms with van der Waals surface area (Å²) in [5.41, 5.74) is 1.41. The van der Waals surface area contributed by atoms with Gasteiger partial charge in [0.05, 0.1) is 5.92 Å². The van der Waals surface area contributed by atoms with E-state index in [-0.39, 0.29) is 30.3 Å². The molecule has 2 aliphatic rings. The number of amides is 2. The van der Waals surface area contributed by atoms with Crippen molar-refractivity contribution >= 4 is 17.8 Å². The second-order valence-corrected chi connectivity index (χ2v) is 7.91. The maximum Gasteiger partial charge on any atom is 0.404 e. The molecule has 0 radical (unpaired) electrons. The molecular weight excluding hydrogens is 407 g/mol. The standard InChI is InChI=1S/C22H21FN2O6/c1-12(14-5-6-16-17(10-14)31-22(2,23)30-16)8-18(26)25-19(21(28)29)15(20(25)27)9-13-4-3-7-24-11-13/h3-7,10-12,15,19H,8-9H2,1-2H3,(H,28,29)/t12-,15+,19-,22?/m0/s1. The van der Waals surface area contributed by atoms with Gasteiger partial charge in [-0.05, 0) is 41.7 Å². The number of fused-ring (bicyclic) bond motifs is 1. The number of halogens is 1. The lowest BCUT2D eigenvalue weighted by Gasteiger charge is -2.43. The average molecular weight is 428 g/mol. The number of ether oxygens (including phenoxy) is 2. The number of alkyl halides is 1. The Morgan fingerprint density at radius 1 is 1.29 bits per heavy atom. The molecule has 0 aliphatic carbocycles. The fourth-order valence-electron chi connectivity index (χ4n) is 3.97. The molecule has 9 heteroatoms. The van der Waals surface area contributed by atoms with Crippen LogP contribution in [0.4, 0.5) is 4.39 Å². The highest BCUT2D eigenvalue weighted by atomic mass is 19.2. The zero-order chi connectivity index (χ0) is 22.3. The first kappa shape index (κ1) is 20.8. The van der Waals surface area contributed by atoms with Crippen molar-refractivity contribution in [3.05, 3.63) is 53.9 Å². The van der Waals surface area contributed by atoms with Crippen LogP contribution in [0, 0.1) is 5.92 Å². The van der Waals surface area contributed by atoms with Crippen molar-refractivity contribution in [3.8, 4) is 11.5 Å². The van der Waals surface area contributed by atoms with Gasteiger partial charge in [-0.3, -0.25) is 19.5 Å². The first-order chi connectivity index (χ1) is 14.7. The topological polar surface area (TPSA) is 106 Å². The van der Waals surface area contributed by atoms with Gasteiger partial charge in [-0.15, -0.1) is 0 Å². The molecule has 4 rings (SSSR count). The molecule has 2 amide bonds. The van der Waals surface area contributed by atoms with Crippen molar-refractivity contribution in [1.29, 1.82) is 0 Å². The van der Waals surface area contributed by atoms with Gasteiger partial charge in [0.15, 0.2) is 11.5 Å². The van der Waals surface area contributed by atoms with Crippen LogP contribution >= 0.6 is 0 Å². The van der Waals surface area contributed by atoms with E-state index in [0.717, 1.165) is 17.4 Å². The zero-order valence-electron chi connectivity index (χ0n) is 16.9. The van der Waals surface area contributed by atoms with E-state index in [4.69, 9.17) is 9.47 Å². The summed E-state index contributed by atoms with van der Waals surface area (Å²) in [5, 5.41) is 9.60. The molecule has 1 N–H and O–H groups in total. The number of likely N-dealkylation sites (tertiary alicyclic amines) is 1. The van der Waals surface area contributed by atoms with Crippen LogP contribution < -0.4 is 9.47 Å². The zero-order valence-corrected chi connectivity index (χ0v) is 16.9. The molecule has 1 aromatic heterocycles. The molecule has 8 nitrogen and oxygen atoms in total. The number of aromatic nitrogens is 1. The lowest BCUT2D eigenvalue weighted by molar-refractivity contribution is -0.177. The van der Waals surface area contributed by atoms with E-state index in [0.29, 0.717) is 5.56 Å². The molecule has 2 aliphatic heterocycles. The highest BCUT2D eigenvalue weighted by Crippen LogP contribution is 2.42. The number of carbonyl (C=O) groups is 3. The molecule has 2 aromatic rings. The molecule has 0 bridgehead atoms. The number of benzene rings is 1. The number of β-lactam (4-membered cyclic amide) rings is 1. The Bertz CT molecular complexity index is 1040. The molecule has 3 heterocycles. The second-order valence-electron chi connectivity index (χ2n) is 7.91. The van der Waals surface area contributed by atoms with Crippen LogP contribution in [-0.2, 0) is 20.8 Å². The summed E-state index contributed by atoms with van der Waals surface area (Å²) >= 11 is 0. The predicted octanol–water partition coefficient (Wildman–Crippen LogP) is 2.67. The van der Waals surface area contributed by atoms with Crippen LogP contribution in [0.15, 0.2) is 42.7 Å². The number of carbonyl (C=O) groups excluding carboxylic acids is 2. The Labute approximate surface area is 177 Å². The Kier molecular flexibility index (Phi) is 5.12. The lowest BCUT2D eigenvalue weighted by atomic mass is 9.81. The van der Waals surface area contributed by atoms with E-state index < -0.39 is 35.8 Å². The summed E-state index contributed by atoms with van der Waals surface area (Å²) in [6.45, 7) is 2.90. The summed E-state index contributed by atoms with van der Waals surface area (Å²) in [6.07, 6.45) is 3.28. The van der Waals surface area contributed by atoms with Crippen molar-refractivity contribution in [1.82, 2.24) is 9.88 Å². The third-order valence-corrected chi connectivity index (χ3v) is 5.52. The average Bonchev–Trinajstić information content (AvgIpc) is 3.03. The van der Waals surface area contributed by atoms with Gasteiger partial charge in [-0.2, -0.15) is 4.39 Å². The minimum atomic E-state index is -2.25. The quantitative estimate of drug-likeness (QED) is 0.705. The predicted molar refractivity (Wildman–Crippen MR) is 105 cm³/mol. The maximum atomic E-state index is 13.9. The Hall–Kier alpha value is -3.49. The Balaban J connectivity index is 1.44. The third-order valence-electron chi connectivity index (χ3n) is 5.52. The summed E-state index contributed by atoms with van der Waals surface area (Å²) < 4.78 is 24.0. The van der Waals surface area contributed by atoms with E-state index in [1.807, 2.05) is 0 Å². The summed E-state index contributed by atoms with van der Waals surface area (Å²) in [5.74, 6) is -2.98. The van der Waals surface area contributed by atoms with Crippen LogP contribution in [0.2, 0.25) is 0 Å². The molecule has 1 unspecified atom stereocenters. The number of nitrogens with zero attached hydrogens (tertiary/aromatic N) is 2. The molecule has 0 saturated carbocycles. The van der Waals surface area contributed by atoms with Crippen molar-refractivity contribution in [2.75, 3.05) is 0 Å². The van der Waals surface area contributed by atoms with Crippen LogP contribution in [0.25, 0.3) is 0 Å². The minimum absolute atomic E-state index is 0.0817. The van der Waals surface area contributed by atoms with Crippen LogP contribution in [0.3, 0.4) is 0 Å². The van der Waals surface area contributed by atoms with Gasteiger partial charge < -0.3 is 14.6 Å². The smallest absolute Gasteiger partial charge is 0.404 e. The Morgan fingerprint density at radius 3 is 2.71 bits per heavy atom. The molecule has 31 heavy (non-hydrogen) atoms. The Morgan fingerprint density at radius 2 is 2.03 bits per heavy atom. The van der Waals surface area contributed by atoms with Gasteiger partial charge in [0.1, 0.15) is 6.04 Å². The van der Waals surface area contributed by atoms with E-state index in [1.165, 1.54) is 0 Å². The number of carboxylic acids is 1. The van der Waals surface area contributed by atoms with Gasteiger partial charge in [0.2, 0.25) is 11.8 Å². The number of imide groups is 1. The SMILES string of the molecule is C[C@@H](CC(=O)N1C(=O)[C@H](Cc2cccnc2)[C@H]1C(=O)O)c1ccc2c(c1)OC(C)(F)O2. The van der Waals surface area contributed by atoms with Crippen molar-refractivity contribution in [2.45, 2.75) is 44.7 Å². The van der Waals surface area contributed by atoms with Gasteiger partial charge >= 0.3 is 12.0 Å². The van der Waals surface area contributed by atoms with Crippen molar-refractivity contribution in [2.24, 2.45) is 5.92 Å². The second kappa shape index (κ2) is 7.64. The number of hydrogen-bond acceptors (Lipinski definition) is 6. The molecular formula is C22H21FN2O6. The van der Waals surface area contributed by atoms with E-state index in [9.17, 15) is 23.9 Å². The highest BCUT2D eigenvalue weighted by molar-refractivity contribution is 6.08. The molecule has 0 spiro atoms. The highest BCUT2D eigenvalue weighted by Gasteiger charge is 2.54. The summed E-state index contributed by atoms with van der Waals surface area (Å²) in [6, 6.07) is 4.81. The first-order valence-corrected chi connectivity index (χ1v) is 9.85. The third kappa shape index (κ3) is 3.95. The molecule has 1 fully saturated rings. The fraction of sp³-hybridized carbons (Fsp3) is 0.364. The summed E-state index contributed by atoms with van der Waals surface area (Å²) in [7, 11) is 0. The number of rotatable bonds is 6. The van der Waals surface area contributed by atoms with Gasteiger partial charge in [-0.1, -0.05) is 19.1 Å². The number of pyridine rings is 1. The molecule has 1 saturated heterocycles. The molecule has 162 valence electrons. The lowest BCUT2D eigenvalue weighted by Crippen LogP contribution is -2.66. The maximum absolute atomic E-state index is 13.9. The van der Waals surface area contributed by atoms with Gasteiger partial charge in [0.25, 0.3) is 0 Å².